The fourth-order valence-corrected chi connectivity index (χ4v) is 1.94. The van der Waals surface area contributed by atoms with Crippen molar-refractivity contribution in [1.29, 1.82) is 0 Å². The molecule has 0 fully saturated rings. The van der Waals surface area contributed by atoms with E-state index < -0.39 is 11.2 Å². The molecule has 0 aliphatic rings. The van der Waals surface area contributed by atoms with Gasteiger partial charge in [-0.2, -0.15) is 0 Å². The van der Waals surface area contributed by atoms with Gasteiger partial charge in [-0.05, 0) is 17.5 Å². The maximum Gasteiger partial charge on any atom is 0.334 e. The number of nitrogens with zero attached hydrogens (tertiary/aromatic N) is 1. The zero-order chi connectivity index (χ0) is 13.3. The average Bonchev–Trinajstić information content (AvgIpc) is 2.28. The molecule has 2 aromatic rings. The molecule has 0 bridgehead atoms. The van der Waals surface area contributed by atoms with Gasteiger partial charge in [0.25, 0.3) is 5.56 Å². The van der Waals surface area contributed by atoms with Crippen LogP contribution >= 0.6 is 0 Å². The maximum atomic E-state index is 11.9. The van der Waals surface area contributed by atoms with E-state index in [1.165, 1.54) is 10.6 Å². The van der Waals surface area contributed by atoms with Crippen LogP contribution in [-0.2, 0) is 0 Å². The minimum atomic E-state index is -0.520. The molecule has 0 aliphatic carbocycles. The SMILES string of the molecule is CC(C)c1ccccc1-n1c(N)cc(=O)[nH]c1=O. The zero-order valence-electron chi connectivity index (χ0n) is 10.3. The lowest BCUT2D eigenvalue weighted by molar-refractivity contribution is 0.826. The molecule has 18 heavy (non-hydrogen) atoms. The molecule has 5 nitrogen and oxygen atoms in total. The summed E-state index contributed by atoms with van der Waals surface area (Å²) in [4.78, 5) is 25.2. The van der Waals surface area contributed by atoms with Gasteiger partial charge >= 0.3 is 5.69 Å². The molecule has 0 radical (unpaired) electrons. The highest BCUT2D eigenvalue weighted by Gasteiger charge is 2.11. The Balaban J connectivity index is 2.78. The Morgan fingerprint density at radius 2 is 1.89 bits per heavy atom. The smallest absolute Gasteiger partial charge is 0.334 e. The highest BCUT2D eigenvalue weighted by molar-refractivity contribution is 5.48. The number of para-hydroxylation sites is 1. The molecule has 3 N–H and O–H groups in total. The summed E-state index contributed by atoms with van der Waals surface area (Å²) in [6.45, 7) is 4.07. The maximum absolute atomic E-state index is 11.9. The van der Waals surface area contributed by atoms with E-state index in [1.807, 2.05) is 38.1 Å². The standard InChI is InChI=1S/C13H15N3O2/c1-8(2)9-5-3-4-6-10(9)16-11(14)7-12(17)15-13(16)18/h3-8H,14H2,1-2H3,(H,15,17,18). The summed E-state index contributed by atoms with van der Waals surface area (Å²) in [6.07, 6.45) is 0. The highest BCUT2D eigenvalue weighted by Crippen LogP contribution is 2.22. The molecule has 1 aromatic heterocycles. The molecular formula is C13H15N3O2. The van der Waals surface area contributed by atoms with Gasteiger partial charge in [-0.15, -0.1) is 0 Å². The molecule has 0 saturated carbocycles. The van der Waals surface area contributed by atoms with Crippen molar-refractivity contribution in [2.45, 2.75) is 19.8 Å². The molecule has 94 valence electrons. The molecule has 0 saturated heterocycles. The number of H-pyrrole nitrogens is 1. The summed E-state index contributed by atoms with van der Waals surface area (Å²) in [6, 6.07) is 8.70. The van der Waals surface area contributed by atoms with Crippen molar-refractivity contribution >= 4 is 5.82 Å². The predicted octanol–water partition coefficient (Wildman–Crippen LogP) is 1.23. The van der Waals surface area contributed by atoms with Crippen molar-refractivity contribution in [1.82, 2.24) is 9.55 Å². The summed E-state index contributed by atoms with van der Waals surface area (Å²) in [5.41, 5.74) is 6.45. The van der Waals surface area contributed by atoms with Gasteiger partial charge in [0, 0.05) is 6.07 Å². The van der Waals surface area contributed by atoms with Gasteiger partial charge in [-0.25, -0.2) is 9.36 Å². The number of rotatable bonds is 2. The number of nitrogens with two attached hydrogens (primary N) is 1. The lowest BCUT2D eigenvalue weighted by atomic mass is 10.0. The fourth-order valence-electron chi connectivity index (χ4n) is 1.94. The lowest BCUT2D eigenvalue weighted by Crippen LogP contribution is -2.30. The number of benzene rings is 1. The largest absolute Gasteiger partial charge is 0.385 e. The average molecular weight is 245 g/mol. The second kappa shape index (κ2) is 4.52. The first-order valence-corrected chi connectivity index (χ1v) is 5.72. The van der Waals surface area contributed by atoms with Gasteiger partial charge in [0.15, 0.2) is 0 Å². The van der Waals surface area contributed by atoms with Crippen LogP contribution in [0.4, 0.5) is 5.82 Å². The summed E-state index contributed by atoms with van der Waals surface area (Å²) < 4.78 is 1.32. The second-order valence-electron chi connectivity index (χ2n) is 4.41. The van der Waals surface area contributed by atoms with E-state index in [2.05, 4.69) is 4.98 Å². The lowest BCUT2D eigenvalue weighted by Gasteiger charge is -2.15. The van der Waals surface area contributed by atoms with Gasteiger partial charge in [0.1, 0.15) is 5.82 Å². The fraction of sp³-hybridized carbons (Fsp3) is 0.231. The molecule has 2 rings (SSSR count). The van der Waals surface area contributed by atoms with E-state index in [-0.39, 0.29) is 11.7 Å². The molecule has 0 aliphatic heterocycles. The quantitative estimate of drug-likeness (QED) is 0.835. The van der Waals surface area contributed by atoms with Gasteiger partial charge in [0.05, 0.1) is 5.69 Å². The molecule has 0 atom stereocenters. The number of anilines is 1. The summed E-state index contributed by atoms with van der Waals surface area (Å²) >= 11 is 0. The first kappa shape index (κ1) is 12.2. The van der Waals surface area contributed by atoms with Crippen LogP contribution in [0.2, 0.25) is 0 Å². The van der Waals surface area contributed by atoms with Crippen LogP contribution in [0.25, 0.3) is 5.69 Å². The third-order valence-corrected chi connectivity index (χ3v) is 2.77. The minimum Gasteiger partial charge on any atom is -0.385 e. The van der Waals surface area contributed by atoms with Crippen molar-refractivity contribution in [3.05, 3.63) is 56.7 Å². The van der Waals surface area contributed by atoms with Gasteiger partial charge in [-0.1, -0.05) is 32.0 Å². The first-order valence-electron chi connectivity index (χ1n) is 5.72. The van der Waals surface area contributed by atoms with E-state index in [1.54, 1.807) is 0 Å². The van der Waals surface area contributed by atoms with E-state index in [9.17, 15) is 9.59 Å². The van der Waals surface area contributed by atoms with Gasteiger partial charge in [-0.3, -0.25) is 9.78 Å². The van der Waals surface area contributed by atoms with Crippen molar-refractivity contribution in [3.63, 3.8) is 0 Å². The minimum absolute atomic E-state index is 0.136. The molecule has 0 unspecified atom stereocenters. The van der Waals surface area contributed by atoms with Crippen molar-refractivity contribution in [3.8, 4) is 5.69 Å². The van der Waals surface area contributed by atoms with Crippen molar-refractivity contribution < 1.29 is 0 Å². The van der Waals surface area contributed by atoms with Crippen LogP contribution in [0.3, 0.4) is 0 Å². The Labute approximate surface area is 104 Å². The van der Waals surface area contributed by atoms with E-state index in [4.69, 9.17) is 5.73 Å². The van der Waals surface area contributed by atoms with Crippen molar-refractivity contribution in [2.24, 2.45) is 0 Å². The van der Waals surface area contributed by atoms with Crippen LogP contribution in [0.1, 0.15) is 25.3 Å². The van der Waals surface area contributed by atoms with Crippen LogP contribution in [0, 0.1) is 0 Å². The van der Waals surface area contributed by atoms with Crippen LogP contribution in [0.15, 0.2) is 39.9 Å². The number of aromatic nitrogens is 2. The van der Waals surface area contributed by atoms with E-state index in [0.29, 0.717) is 5.69 Å². The highest BCUT2D eigenvalue weighted by atomic mass is 16.2. The topological polar surface area (TPSA) is 80.9 Å². The zero-order valence-corrected chi connectivity index (χ0v) is 10.3. The summed E-state index contributed by atoms with van der Waals surface area (Å²) in [5.74, 6) is 0.385. The monoisotopic (exact) mass is 245 g/mol. The Morgan fingerprint density at radius 3 is 2.50 bits per heavy atom. The van der Waals surface area contributed by atoms with E-state index >= 15 is 0 Å². The first-order chi connectivity index (χ1) is 8.50. The van der Waals surface area contributed by atoms with Gasteiger partial charge in [0.2, 0.25) is 0 Å². The number of nitrogens with one attached hydrogen (secondary N) is 1. The van der Waals surface area contributed by atoms with Gasteiger partial charge < -0.3 is 5.73 Å². The Morgan fingerprint density at radius 1 is 1.22 bits per heavy atom. The van der Waals surface area contributed by atoms with E-state index in [0.717, 1.165) is 5.56 Å². The third kappa shape index (κ3) is 2.07. The van der Waals surface area contributed by atoms with Crippen LogP contribution in [0.5, 0.6) is 0 Å². The molecule has 5 heteroatoms. The Kier molecular flexibility index (Phi) is 3.06. The number of aromatic amines is 1. The number of nitrogen functional groups attached to an aromatic ring is 1. The molecule has 1 aromatic carbocycles. The Bertz CT molecular complexity index is 683. The predicted molar refractivity (Wildman–Crippen MR) is 71.2 cm³/mol. The Hall–Kier alpha value is -2.30. The third-order valence-electron chi connectivity index (χ3n) is 2.77. The summed E-state index contributed by atoms with van der Waals surface area (Å²) in [5, 5.41) is 0. The number of hydrogen-bond acceptors (Lipinski definition) is 3. The van der Waals surface area contributed by atoms with Crippen LogP contribution < -0.4 is 17.0 Å². The number of hydrogen-bond donors (Lipinski definition) is 2. The van der Waals surface area contributed by atoms with Crippen molar-refractivity contribution in [2.75, 3.05) is 5.73 Å². The second-order valence-corrected chi connectivity index (χ2v) is 4.41. The summed E-state index contributed by atoms with van der Waals surface area (Å²) in [7, 11) is 0. The molecule has 0 amide bonds. The normalized spacial score (nSPS) is 10.8. The molecule has 0 spiro atoms. The molecular weight excluding hydrogens is 230 g/mol. The molecule has 1 heterocycles. The van der Waals surface area contributed by atoms with Crippen LogP contribution in [-0.4, -0.2) is 9.55 Å².